The number of phenols is 2. The van der Waals surface area contributed by atoms with Gasteiger partial charge in [0.15, 0.2) is 0 Å². The molecule has 0 radical (unpaired) electrons. The van der Waals surface area contributed by atoms with Crippen molar-refractivity contribution >= 4 is 32.3 Å². The van der Waals surface area contributed by atoms with E-state index in [0.717, 1.165) is 32.5 Å². The van der Waals surface area contributed by atoms with Crippen LogP contribution in [0.5, 0.6) is 11.5 Å². The molecule has 0 aliphatic heterocycles. The van der Waals surface area contributed by atoms with E-state index in [-0.39, 0.29) is 0 Å². The lowest BCUT2D eigenvalue weighted by Gasteiger charge is -2.14. The first-order chi connectivity index (χ1) is 11.1. The van der Waals surface area contributed by atoms with Gasteiger partial charge in [-0.3, -0.25) is 0 Å². The third-order valence-electron chi connectivity index (χ3n) is 4.61. The van der Waals surface area contributed by atoms with Crippen LogP contribution in [0.2, 0.25) is 0 Å². The molecule has 0 atom stereocenters. The fourth-order valence-electron chi connectivity index (χ4n) is 3.49. The molecule has 4 rings (SSSR count). The Hall–Kier alpha value is -2.74. The van der Waals surface area contributed by atoms with Crippen molar-refractivity contribution in [3.05, 3.63) is 60.2 Å². The maximum absolute atomic E-state index is 10.1. The molecule has 4 aromatic carbocycles. The van der Waals surface area contributed by atoms with Crippen molar-refractivity contribution in [3.8, 4) is 11.5 Å². The topological polar surface area (TPSA) is 40.5 Å². The molecule has 114 valence electrons. The minimum absolute atomic E-state index is 0.295. The molecule has 0 unspecified atom stereocenters. The number of hydrogen-bond donors (Lipinski definition) is 2. The largest absolute Gasteiger partial charge is 0.508 e. The Morgan fingerprint density at radius 3 is 2.00 bits per heavy atom. The van der Waals surface area contributed by atoms with Gasteiger partial charge in [-0.25, -0.2) is 0 Å². The van der Waals surface area contributed by atoms with Crippen LogP contribution < -0.4 is 0 Å². The zero-order valence-electron chi connectivity index (χ0n) is 13.2. The van der Waals surface area contributed by atoms with E-state index in [1.165, 1.54) is 5.39 Å². The molecule has 4 aromatic rings. The summed E-state index contributed by atoms with van der Waals surface area (Å²) in [4.78, 5) is 0. The van der Waals surface area contributed by atoms with Gasteiger partial charge in [-0.2, -0.15) is 0 Å². The lowest BCUT2D eigenvalue weighted by Crippen LogP contribution is -1.90. The monoisotopic (exact) mass is 302 g/mol. The van der Waals surface area contributed by atoms with E-state index < -0.39 is 0 Å². The summed E-state index contributed by atoms with van der Waals surface area (Å²) in [6, 6.07) is 17.5. The summed E-state index contributed by atoms with van der Waals surface area (Å²) in [6.45, 7) is 4.27. The number of rotatable bonds is 1. The summed E-state index contributed by atoms with van der Waals surface area (Å²) in [7, 11) is 0. The molecular weight excluding hydrogens is 284 g/mol. The molecule has 0 aliphatic carbocycles. The highest BCUT2D eigenvalue weighted by Crippen LogP contribution is 2.38. The Bertz CT molecular complexity index is 1060. The molecule has 0 amide bonds. The molecule has 0 heterocycles. The Kier molecular flexibility index (Phi) is 2.95. The summed E-state index contributed by atoms with van der Waals surface area (Å²) in [5.41, 5.74) is 1.15. The number of aromatic hydroxyl groups is 2. The van der Waals surface area contributed by atoms with Crippen LogP contribution in [0, 0.1) is 0 Å². The van der Waals surface area contributed by atoms with Gasteiger partial charge in [-0.15, -0.1) is 0 Å². The molecule has 2 N–H and O–H groups in total. The predicted octanol–water partition coefficient (Wildman–Crippen LogP) is 5.68. The standard InChI is InChI=1S/C21H18O2/c1-12(2)19-10-13(22)11-20-16-8-9-18-14(4-3-5-21(18)23)15(16)6-7-17(19)20/h3-12,22-23H,1-2H3. The second-order valence-corrected chi connectivity index (χ2v) is 6.38. The number of hydrogen-bond acceptors (Lipinski definition) is 2. The summed E-state index contributed by atoms with van der Waals surface area (Å²) < 4.78 is 0. The second kappa shape index (κ2) is 4.88. The van der Waals surface area contributed by atoms with E-state index in [4.69, 9.17) is 0 Å². The SMILES string of the molecule is CC(C)c1cc(O)cc2c1ccc1c3cccc(O)c3ccc21. The first kappa shape index (κ1) is 13.9. The van der Waals surface area contributed by atoms with E-state index in [1.807, 2.05) is 36.4 Å². The fraction of sp³-hybridized carbons (Fsp3) is 0.143. The van der Waals surface area contributed by atoms with Gasteiger partial charge in [-0.1, -0.05) is 50.2 Å². The van der Waals surface area contributed by atoms with Crippen molar-refractivity contribution in [2.75, 3.05) is 0 Å². The highest BCUT2D eigenvalue weighted by atomic mass is 16.3. The number of fused-ring (bicyclic) bond motifs is 5. The van der Waals surface area contributed by atoms with Gasteiger partial charge < -0.3 is 10.2 Å². The highest BCUT2D eigenvalue weighted by Gasteiger charge is 2.12. The smallest absolute Gasteiger partial charge is 0.123 e. The van der Waals surface area contributed by atoms with Crippen LogP contribution in [0.25, 0.3) is 32.3 Å². The minimum atomic E-state index is 0.295. The highest BCUT2D eigenvalue weighted by molar-refractivity contribution is 6.18. The normalized spacial score (nSPS) is 11.8. The number of benzene rings is 4. The van der Waals surface area contributed by atoms with Crippen molar-refractivity contribution in [2.24, 2.45) is 0 Å². The Balaban J connectivity index is 2.22. The van der Waals surface area contributed by atoms with Crippen LogP contribution in [-0.2, 0) is 0 Å². The van der Waals surface area contributed by atoms with Crippen molar-refractivity contribution in [1.29, 1.82) is 0 Å². The second-order valence-electron chi connectivity index (χ2n) is 6.38. The predicted molar refractivity (Wildman–Crippen MR) is 96.4 cm³/mol. The first-order valence-corrected chi connectivity index (χ1v) is 7.86. The lowest BCUT2D eigenvalue weighted by atomic mass is 9.91. The van der Waals surface area contributed by atoms with Crippen LogP contribution in [-0.4, -0.2) is 10.2 Å². The molecule has 0 saturated heterocycles. The van der Waals surface area contributed by atoms with Crippen LogP contribution >= 0.6 is 0 Å². The quantitative estimate of drug-likeness (QED) is 0.444. The average molecular weight is 302 g/mol. The molecule has 0 spiro atoms. The summed E-state index contributed by atoms with van der Waals surface area (Å²) in [5.74, 6) is 0.930. The molecule has 2 heteroatoms. The van der Waals surface area contributed by atoms with E-state index in [1.54, 1.807) is 6.07 Å². The van der Waals surface area contributed by atoms with Crippen LogP contribution in [0.1, 0.15) is 25.3 Å². The van der Waals surface area contributed by atoms with Crippen molar-refractivity contribution in [2.45, 2.75) is 19.8 Å². The van der Waals surface area contributed by atoms with Gasteiger partial charge >= 0.3 is 0 Å². The van der Waals surface area contributed by atoms with E-state index >= 15 is 0 Å². The molecule has 0 saturated carbocycles. The first-order valence-electron chi connectivity index (χ1n) is 7.86. The molecule has 0 aromatic heterocycles. The van der Waals surface area contributed by atoms with Crippen molar-refractivity contribution in [3.63, 3.8) is 0 Å². The Morgan fingerprint density at radius 2 is 1.26 bits per heavy atom. The van der Waals surface area contributed by atoms with Crippen molar-refractivity contribution in [1.82, 2.24) is 0 Å². The fourth-order valence-corrected chi connectivity index (χ4v) is 3.49. The van der Waals surface area contributed by atoms with E-state index in [9.17, 15) is 10.2 Å². The zero-order valence-corrected chi connectivity index (χ0v) is 13.2. The van der Waals surface area contributed by atoms with Gasteiger partial charge in [0.1, 0.15) is 11.5 Å². The molecular formula is C21H18O2. The maximum atomic E-state index is 10.1. The third kappa shape index (κ3) is 2.02. The molecule has 2 nitrogen and oxygen atoms in total. The summed E-state index contributed by atoms with van der Waals surface area (Å²) >= 11 is 0. The molecule has 0 fully saturated rings. The van der Waals surface area contributed by atoms with Gasteiger partial charge in [0.25, 0.3) is 0 Å². The van der Waals surface area contributed by atoms with Gasteiger partial charge in [0, 0.05) is 5.39 Å². The van der Waals surface area contributed by atoms with Gasteiger partial charge in [-0.05, 0) is 56.6 Å². The van der Waals surface area contributed by atoms with E-state index in [2.05, 4.69) is 26.0 Å². The summed E-state index contributed by atoms with van der Waals surface area (Å²) in [5, 5.41) is 26.5. The molecule has 0 aliphatic rings. The molecule has 23 heavy (non-hydrogen) atoms. The Labute approximate surface area is 134 Å². The maximum Gasteiger partial charge on any atom is 0.123 e. The van der Waals surface area contributed by atoms with Crippen molar-refractivity contribution < 1.29 is 10.2 Å². The van der Waals surface area contributed by atoms with Gasteiger partial charge in [0.2, 0.25) is 0 Å². The zero-order chi connectivity index (χ0) is 16.1. The van der Waals surface area contributed by atoms with Gasteiger partial charge in [0.05, 0.1) is 0 Å². The van der Waals surface area contributed by atoms with E-state index in [0.29, 0.717) is 17.4 Å². The average Bonchev–Trinajstić information content (AvgIpc) is 2.53. The number of phenolic OH excluding ortho intramolecular Hbond substituents is 2. The lowest BCUT2D eigenvalue weighted by molar-refractivity contribution is 0.475. The van der Waals surface area contributed by atoms with Crippen LogP contribution in [0.15, 0.2) is 54.6 Å². The summed E-state index contributed by atoms with van der Waals surface area (Å²) in [6.07, 6.45) is 0. The van der Waals surface area contributed by atoms with Crippen LogP contribution in [0.4, 0.5) is 0 Å². The van der Waals surface area contributed by atoms with Crippen LogP contribution in [0.3, 0.4) is 0 Å². The minimum Gasteiger partial charge on any atom is -0.508 e. The third-order valence-corrected chi connectivity index (χ3v) is 4.61. The Morgan fingerprint density at radius 1 is 0.652 bits per heavy atom. The molecule has 0 bridgehead atoms.